The summed E-state index contributed by atoms with van der Waals surface area (Å²) >= 11 is 0. The Labute approximate surface area is 127 Å². The zero-order valence-electron chi connectivity index (χ0n) is 12.3. The van der Waals surface area contributed by atoms with Gasteiger partial charge in [-0.15, -0.1) is 0 Å². The second-order valence-corrected chi connectivity index (χ2v) is 5.24. The van der Waals surface area contributed by atoms with Crippen LogP contribution >= 0.6 is 0 Å². The normalized spacial score (nSPS) is 11.2. The van der Waals surface area contributed by atoms with Crippen molar-refractivity contribution in [2.75, 3.05) is 0 Å². The molecule has 4 rings (SSSR count). The number of fused-ring (bicyclic) bond motifs is 1. The molecule has 1 radical (unpaired) electrons. The van der Waals surface area contributed by atoms with Crippen molar-refractivity contribution in [1.82, 2.24) is 24.7 Å². The summed E-state index contributed by atoms with van der Waals surface area (Å²) in [5, 5.41) is 7.12. The van der Waals surface area contributed by atoms with Gasteiger partial charge in [-0.1, -0.05) is 12.1 Å². The van der Waals surface area contributed by atoms with Gasteiger partial charge in [0.1, 0.15) is 11.2 Å². The molecule has 0 saturated carbocycles. The number of pyridine rings is 1. The van der Waals surface area contributed by atoms with Crippen molar-refractivity contribution in [2.45, 2.75) is 13.8 Å². The summed E-state index contributed by atoms with van der Waals surface area (Å²) in [6.45, 7) is 4.05. The summed E-state index contributed by atoms with van der Waals surface area (Å²) in [6, 6.07) is 14.8. The van der Waals surface area contributed by atoms with E-state index in [1.165, 1.54) is 0 Å². The standard InChI is InChI=1S/C17H14N5/c1-11-10-12(2)19-17-15(11)20-16(14-8-9-18-21-14)22(17)13-6-4-3-5-7-13/h3-4,6-10H,1-2H3,(H,18,21). The number of hydrogen-bond acceptors (Lipinski definition) is 3. The van der Waals surface area contributed by atoms with E-state index >= 15 is 0 Å². The quantitative estimate of drug-likeness (QED) is 0.616. The van der Waals surface area contributed by atoms with Gasteiger partial charge in [-0.3, -0.25) is 9.67 Å². The Morgan fingerprint density at radius 3 is 2.82 bits per heavy atom. The van der Waals surface area contributed by atoms with Crippen LogP contribution in [0, 0.1) is 19.9 Å². The van der Waals surface area contributed by atoms with Crippen molar-refractivity contribution < 1.29 is 0 Å². The van der Waals surface area contributed by atoms with Crippen molar-refractivity contribution in [3.8, 4) is 17.2 Å². The van der Waals surface area contributed by atoms with Crippen LogP contribution in [0.1, 0.15) is 11.3 Å². The number of aromatic amines is 1. The van der Waals surface area contributed by atoms with Crippen molar-refractivity contribution in [2.24, 2.45) is 0 Å². The van der Waals surface area contributed by atoms with E-state index in [1.54, 1.807) is 6.20 Å². The SMILES string of the molecule is Cc1cc(C)c2nc(-c3cc[nH]n3)n(-c3c[c]ccc3)c2n1. The van der Waals surface area contributed by atoms with Crippen molar-refractivity contribution in [3.63, 3.8) is 0 Å². The van der Waals surface area contributed by atoms with Crippen molar-refractivity contribution >= 4 is 11.2 Å². The van der Waals surface area contributed by atoms with E-state index in [9.17, 15) is 0 Å². The molecule has 0 atom stereocenters. The number of rotatable bonds is 2. The van der Waals surface area contributed by atoms with Gasteiger partial charge < -0.3 is 0 Å². The van der Waals surface area contributed by atoms with Crippen LogP contribution in [0.4, 0.5) is 0 Å². The molecule has 0 bridgehead atoms. The van der Waals surface area contributed by atoms with E-state index in [0.29, 0.717) is 0 Å². The van der Waals surface area contributed by atoms with Crippen LogP contribution in [0.5, 0.6) is 0 Å². The number of benzene rings is 1. The fourth-order valence-electron chi connectivity index (χ4n) is 2.68. The van der Waals surface area contributed by atoms with Crippen LogP contribution in [-0.2, 0) is 0 Å². The molecule has 0 aliphatic rings. The Hall–Kier alpha value is -2.95. The summed E-state index contributed by atoms with van der Waals surface area (Å²) < 4.78 is 2.03. The molecule has 1 aromatic carbocycles. The number of nitrogens with one attached hydrogen (secondary N) is 1. The summed E-state index contributed by atoms with van der Waals surface area (Å²) in [4.78, 5) is 9.47. The zero-order valence-corrected chi connectivity index (χ0v) is 12.3. The van der Waals surface area contributed by atoms with Gasteiger partial charge in [-0.2, -0.15) is 5.10 Å². The van der Waals surface area contributed by atoms with Crippen LogP contribution in [-0.4, -0.2) is 24.7 Å². The number of nitrogens with zero attached hydrogens (tertiary/aromatic N) is 4. The van der Waals surface area contributed by atoms with Gasteiger partial charge in [0.15, 0.2) is 11.5 Å². The first-order valence-corrected chi connectivity index (χ1v) is 7.07. The Balaban J connectivity index is 2.13. The number of H-pyrrole nitrogens is 1. The highest BCUT2D eigenvalue weighted by atomic mass is 15.2. The first-order chi connectivity index (χ1) is 10.7. The zero-order chi connectivity index (χ0) is 15.1. The molecule has 22 heavy (non-hydrogen) atoms. The summed E-state index contributed by atoms with van der Waals surface area (Å²) in [6.07, 6.45) is 1.79. The highest BCUT2D eigenvalue weighted by Crippen LogP contribution is 2.28. The average Bonchev–Trinajstić information content (AvgIpc) is 3.14. The molecular weight excluding hydrogens is 274 g/mol. The van der Waals surface area contributed by atoms with E-state index in [2.05, 4.69) is 23.2 Å². The molecule has 5 nitrogen and oxygen atoms in total. The minimum absolute atomic E-state index is 0.775. The number of hydrogen-bond donors (Lipinski definition) is 1. The summed E-state index contributed by atoms with van der Waals surface area (Å²) in [5.74, 6) is 0.775. The maximum Gasteiger partial charge on any atom is 0.167 e. The predicted octanol–water partition coefficient (Wildman–Crippen LogP) is 3.23. The molecule has 1 N–H and O–H groups in total. The van der Waals surface area contributed by atoms with E-state index in [1.807, 2.05) is 47.9 Å². The molecule has 0 spiro atoms. The van der Waals surface area contributed by atoms with Gasteiger partial charge in [0.25, 0.3) is 0 Å². The van der Waals surface area contributed by atoms with Crippen molar-refractivity contribution in [1.29, 1.82) is 0 Å². The number of aryl methyl sites for hydroxylation is 2. The lowest BCUT2D eigenvalue weighted by Gasteiger charge is -2.07. The fourth-order valence-corrected chi connectivity index (χ4v) is 2.68. The average molecular weight is 288 g/mol. The predicted molar refractivity (Wildman–Crippen MR) is 84.8 cm³/mol. The fraction of sp³-hybridized carbons (Fsp3) is 0.118. The molecule has 0 aliphatic carbocycles. The van der Waals surface area contributed by atoms with Crippen LogP contribution in [0.15, 0.2) is 42.6 Å². The molecular formula is C17H14N5. The minimum Gasteiger partial charge on any atom is -0.285 e. The Bertz CT molecular complexity index is 936. The van der Waals surface area contributed by atoms with Gasteiger partial charge in [0.2, 0.25) is 0 Å². The molecule has 5 heteroatoms. The highest BCUT2D eigenvalue weighted by molar-refractivity contribution is 5.82. The Morgan fingerprint density at radius 1 is 1.18 bits per heavy atom. The van der Waals surface area contributed by atoms with E-state index in [4.69, 9.17) is 9.97 Å². The lowest BCUT2D eigenvalue weighted by Crippen LogP contribution is -1.99. The molecule has 0 amide bonds. The van der Waals surface area contributed by atoms with Crippen molar-refractivity contribution in [3.05, 3.63) is 59.9 Å². The summed E-state index contributed by atoms with van der Waals surface area (Å²) in [5.41, 5.74) is 5.58. The molecule has 4 aromatic rings. The van der Waals surface area contributed by atoms with Crippen LogP contribution < -0.4 is 0 Å². The van der Waals surface area contributed by atoms with Gasteiger partial charge in [-0.05, 0) is 49.7 Å². The minimum atomic E-state index is 0.775. The third kappa shape index (κ3) is 1.90. The van der Waals surface area contributed by atoms with E-state index in [-0.39, 0.29) is 0 Å². The molecule has 0 fully saturated rings. The first kappa shape index (κ1) is 12.8. The molecule has 3 heterocycles. The van der Waals surface area contributed by atoms with Gasteiger partial charge in [0.05, 0.1) is 0 Å². The molecule has 0 aliphatic heterocycles. The summed E-state index contributed by atoms with van der Waals surface area (Å²) in [7, 11) is 0. The molecule has 0 unspecified atom stereocenters. The van der Waals surface area contributed by atoms with Gasteiger partial charge in [-0.25, -0.2) is 9.97 Å². The first-order valence-electron chi connectivity index (χ1n) is 7.07. The second-order valence-electron chi connectivity index (χ2n) is 5.24. The lowest BCUT2D eigenvalue weighted by atomic mass is 10.2. The Kier molecular flexibility index (Phi) is 2.79. The third-order valence-electron chi connectivity index (χ3n) is 3.61. The number of aromatic nitrogens is 5. The maximum absolute atomic E-state index is 4.78. The smallest absolute Gasteiger partial charge is 0.167 e. The van der Waals surface area contributed by atoms with Crippen LogP contribution in [0.25, 0.3) is 28.4 Å². The third-order valence-corrected chi connectivity index (χ3v) is 3.61. The van der Waals surface area contributed by atoms with Gasteiger partial charge >= 0.3 is 0 Å². The highest BCUT2D eigenvalue weighted by Gasteiger charge is 2.18. The molecule has 107 valence electrons. The maximum atomic E-state index is 4.78. The lowest BCUT2D eigenvalue weighted by molar-refractivity contribution is 1.03. The molecule has 0 saturated heterocycles. The topological polar surface area (TPSA) is 59.4 Å². The molecule has 3 aromatic heterocycles. The van der Waals surface area contributed by atoms with Gasteiger partial charge in [0, 0.05) is 17.6 Å². The van der Waals surface area contributed by atoms with E-state index in [0.717, 1.165) is 39.6 Å². The van der Waals surface area contributed by atoms with Crippen LogP contribution in [0.3, 0.4) is 0 Å². The second kappa shape index (κ2) is 4.80. The van der Waals surface area contributed by atoms with E-state index < -0.39 is 0 Å². The monoisotopic (exact) mass is 288 g/mol. The van der Waals surface area contributed by atoms with Crippen LogP contribution in [0.2, 0.25) is 0 Å². The number of imidazole rings is 1. The Morgan fingerprint density at radius 2 is 2.09 bits per heavy atom. The largest absolute Gasteiger partial charge is 0.285 e.